The van der Waals surface area contributed by atoms with E-state index in [-0.39, 0.29) is 44.1 Å². The molecule has 1 radical (unpaired) electrons. The molecule has 0 saturated heterocycles. The summed E-state index contributed by atoms with van der Waals surface area (Å²) in [4.78, 5) is 0. The summed E-state index contributed by atoms with van der Waals surface area (Å²) in [5, 5.41) is 14.0. The van der Waals surface area contributed by atoms with Crippen molar-refractivity contribution in [3.05, 3.63) is 0 Å². The minimum Gasteiger partial charge on any atom is -1.00 e. The van der Waals surface area contributed by atoms with Crippen LogP contribution < -0.4 is 29.6 Å². The first-order valence-electron chi connectivity index (χ1n) is 2.04. The van der Waals surface area contributed by atoms with Gasteiger partial charge in [0, 0.05) is 0 Å². The van der Waals surface area contributed by atoms with Crippen LogP contribution in [0.5, 0.6) is 0 Å². The Morgan fingerprint density at radius 3 is 1.67 bits per heavy atom. The van der Waals surface area contributed by atoms with Gasteiger partial charge in [0.1, 0.15) is 0 Å². The van der Waals surface area contributed by atoms with Gasteiger partial charge in [0.15, 0.2) is 0 Å². The predicted octanol–water partition coefficient (Wildman–Crippen LogP) is -3.88. The Balaban J connectivity index is -0.0000000131. The molecule has 0 unspecified atom stereocenters. The SMILES string of the molecule is CCCS.O.O[B]O.[H-].[Na+]. The average molecular weight is 163 g/mol. The number of thiol groups is 1. The first-order chi connectivity index (χ1) is 3.33. The Morgan fingerprint density at radius 2 is 1.67 bits per heavy atom. The number of hydrogen-bond acceptors (Lipinski definition) is 3. The molecule has 53 valence electrons. The largest absolute Gasteiger partial charge is 1.00 e. The zero-order valence-electron chi connectivity index (χ0n) is 6.83. The van der Waals surface area contributed by atoms with Crippen LogP contribution in [0, 0.1) is 0 Å². The molecule has 0 aromatic carbocycles. The van der Waals surface area contributed by atoms with E-state index < -0.39 is 0 Å². The van der Waals surface area contributed by atoms with Crippen molar-refractivity contribution in [1.29, 1.82) is 0 Å². The molecular weight excluding hydrogens is 150 g/mol. The summed E-state index contributed by atoms with van der Waals surface area (Å²) >= 11 is 3.92. The summed E-state index contributed by atoms with van der Waals surface area (Å²) in [6.45, 7) is 2.10. The fourth-order valence-electron chi connectivity index (χ4n) is 0. The Labute approximate surface area is 85.7 Å². The van der Waals surface area contributed by atoms with E-state index in [9.17, 15) is 0 Å². The van der Waals surface area contributed by atoms with Crippen molar-refractivity contribution in [3.63, 3.8) is 0 Å². The summed E-state index contributed by atoms with van der Waals surface area (Å²) in [6.07, 6.45) is 1.18. The molecule has 0 amide bonds. The van der Waals surface area contributed by atoms with E-state index in [0.29, 0.717) is 0 Å². The van der Waals surface area contributed by atoms with Crippen LogP contribution >= 0.6 is 12.6 Å². The van der Waals surface area contributed by atoms with Crippen molar-refractivity contribution in [3.8, 4) is 0 Å². The third-order valence-electron chi connectivity index (χ3n) is 0.224. The number of rotatable bonds is 1. The third-order valence-corrected chi connectivity index (χ3v) is 0.671. The first-order valence-corrected chi connectivity index (χ1v) is 2.67. The quantitative estimate of drug-likeness (QED) is 0.273. The standard InChI is InChI=1S/C3H8S.BH2O2.Na.H2O.H/c1-2-3-4;2-1-3;;;/h4H,2-3H2,1H3;2-3H;;1H2;/q;;+1;;-1. The van der Waals surface area contributed by atoms with Gasteiger partial charge in [-0.1, -0.05) is 6.92 Å². The van der Waals surface area contributed by atoms with Gasteiger partial charge in [-0.15, -0.1) is 0 Å². The van der Waals surface area contributed by atoms with Gasteiger partial charge in [-0.3, -0.25) is 0 Å². The molecule has 0 aliphatic heterocycles. The second-order valence-corrected chi connectivity index (χ2v) is 1.29. The molecule has 6 heteroatoms. The van der Waals surface area contributed by atoms with Crippen LogP contribution in [0.3, 0.4) is 0 Å². The van der Waals surface area contributed by atoms with E-state index in [1.807, 2.05) is 0 Å². The van der Waals surface area contributed by atoms with Crippen molar-refractivity contribution in [2.24, 2.45) is 0 Å². The van der Waals surface area contributed by atoms with Gasteiger partial charge in [0.05, 0.1) is 0 Å². The monoisotopic (exact) mass is 163 g/mol. The Kier molecular flexibility index (Phi) is 86.5. The van der Waals surface area contributed by atoms with Crippen LogP contribution in [0.2, 0.25) is 0 Å². The van der Waals surface area contributed by atoms with E-state index in [0.717, 1.165) is 5.75 Å². The molecule has 4 N–H and O–H groups in total. The maximum absolute atomic E-state index is 7.00. The molecule has 0 bridgehead atoms. The molecule has 0 aliphatic rings. The van der Waals surface area contributed by atoms with Gasteiger partial charge in [-0.2, -0.15) is 12.6 Å². The second kappa shape index (κ2) is 34.7. The zero-order chi connectivity index (χ0) is 6.12. The van der Waals surface area contributed by atoms with Crippen molar-refractivity contribution < 1.29 is 46.5 Å². The number of hydrogen-bond donors (Lipinski definition) is 3. The predicted molar refractivity (Wildman–Crippen MR) is 39.1 cm³/mol. The van der Waals surface area contributed by atoms with Crippen LogP contribution in [-0.4, -0.2) is 29.0 Å². The van der Waals surface area contributed by atoms with Crippen LogP contribution in [0.4, 0.5) is 0 Å². The normalized spacial score (nSPS) is 4.89. The Hall–Kier alpha value is 1.29. The first kappa shape index (κ1) is 22.4. The van der Waals surface area contributed by atoms with Gasteiger partial charge < -0.3 is 17.0 Å². The molecule has 3 nitrogen and oxygen atoms in total. The summed E-state index contributed by atoms with van der Waals surface area (Å²) in [7, 11) is 0. The van der Waals surface area contributed by atoms with Crippen molar-refractivity contribution >= 4 is 20.3 Å². The van der Waals surface area contributed by atoms with Gasteiger partial charge in [-0.25, -0.2) is 0 Å². The second-order valence-electron chi connectivity index (χ2n) is 0.839. The fourth-order valence-corrected chi connectivity index (χ4v) is 0. The smallest absolute Gasteiger partial charge is 1.00 e. The molecule has 0 aromatic heterocycles. The zero-order valence-corrected chi connectivity index (χ0v) is 8.73. The van der Waals surface area contributed by atoms with Crippen LogP contribution in [0.1, 0.15) is 14.8 Å². The van der Waals surface area contributed by atoms with Gasteiger partial charge in [-0.05, 0) is 12.2 Å². The van der Waals surface area contributed by atoms with Crippen molar-refractivity contribution in [1.82, 2.24) is 0 Å². The van der Waals surface area contributed by atoms with E-state index in [2.05, 4.69) is 19.6 Å². The van der Waals surface area contributed by atoms with Gasteiger partial charge in [0.25, 0.3) is 0 Å². The van der Waals surface area contributed by atoms with E-state index in [1.54, 1.807) is 0 Å². The van der Waals surface area contributed by atoms with Crippen LogP contribution in [0.25, 0.3) is 0 Å². The molecule has 0 heterocycles. The maximum Gasteiger partial charge on any atom is 1.00 e. The third kappa shape index (κ3) is 93.9. The molecule has 0 saturated carbocycles. The summed E-state index contributed by atoms with van der Waals surface area (Å²) in [6, 6.07) is 0. The summed E-state index contributed by atoms with van der Waals surface area (Å²) in [5.41, 5.74) is 0. The maximum atomic E-state index is 7.00. The molecule has 0 atom stereocenters. The minimum atomic E-state index is 0. The Bertz CT molecular complexity index is 31.2. The van der Waals surface area contributed by atoms with Crippen LogP contribution in [0.15, 0.2) is 0 Å². The average Bonchev–Trinajstić information content (AvgIpc) is 1.69. The van der Waals surface area contributed by atoms with E-state index >= 15 is 0 Å². The summed E-state index contributed by atoms with van der Waals surface area (Å²) in [5.74, 6) is 1.01. The topological polar surface area (TPSA) is 72.0 Å². The van der Waals surface area contributed by atoms with Gasteiger partial charge in [0.2, 0.25) is 0 Å². The van der Waals surface area contributed by atoms with Crippen molar-refractivity contribution in [2.75, 3.05) is 5.75 Å². The Morgan fingerprint density at radius 1 is 1.56 bits per heavy atom. The molecular formula is C3H13BNaO3S. The van der Waals surface area contributed by atoms with Gasteiger partial charge >= 0.3 is 37.2 Å². The molecule has 0 rings (SSSR count). The molecule has 0 spiro atoms. The molecule has 9 heavy (non-hydrogen) atoms. The van der Waals surface area contributed by atoms with E-state index in [4.69, 9.17) is 10.0 Å². The summed E-state index contributed by atoms with van der Waals surface area (Å²) < 4.78 is 0. The fraction of sp³-hybridized carbons (Fsp3) is 1.00. The molecule has 0 aliphatic carbocycles. The van der Waals surface area contributed by atoms with Crippen LogP contribution in [-0.2, 0) is 0 Å². The molecule has 0 fully saturated rings. The van der Waals surface area contributed by atoms with E-state index in [1.165, 1.54) is 6.42 Å². The van der Waals surface area contributed by atoms with Crippen molar-refractivity contribution in [2.45, 2.75) is 13.3 Å². The molecule has 0 aromatic rings. The minimum absolute atomic E-state index is 0.